The van der Waals surface area contributed by atoms with Gasteiger partial charge in [-0.05, 0) is 0 Å². The number of carbonyl (C=O) groups excluding carboxylic acids is 1. The average molecular weight is 210 g/mol. The number of anilines is 1. The zero-order valence-corrected chi connectivity index (χ0v) is 7.82. The minimum absolute atomic E-state index is 0.0215. The maximum absolute atomic E-state index is 10.5. The normalized spacial score (nSPS) is 10.6. The molecule has 0 fully saturated rings. The molecule has 6 nitrogen and oxygen atoms in total. The average Bonchev–Trinajstić information content (AvgIpc) is 2.60. The first-order valence-corrected chi connectivity index (χ1v) is 4.39. The summed E-state index contributed by atoms with van der Waals surface area (Å²) in [6, 6.07) is 1.72. The van der Waals surface area contributed by atoms with Crippen LogP contribution in [0.5, 0.6) is 0 Å². The van der Waals surface area contributed by atoms with Gasteiger partial charge in [0.05, 0.1) is 0 Å². The molecule has 1 aromatic rings. The number of aromatic nitrogens is 1. The van der Waals surface area contributed by atoms with E-state index >= 15 is 0 Å². The van der Waals surface area contributed by atoms with Crippen molar-refractivity contribution in [3.8, 4) is 6.07 Å². The Hall–Kier alpha value is -1.94. The Morgan fingerprint density at radius 2 is 2.71 bits per heavy atom. The maximum atomic E-state index is 10.5. The highest BCUT2D eigenvalue weighted by Crippen LogP contribution is 2.11. The molecule has 0 unspecified atom stereocenters. The van der Waals surface area contributed by atoms with Gasteiger partial charge in [-0.3, -0.25) is 4.79 Å². The minimum Gasteiger partial charge on any atom is -0.380 e. The molecule has 0 saturated carbocycles. The van der Waals surface area contributed by atoms with Gasteiger partial charge in [-0.15, -0.1) is 11.3 Å². The standard InChI is InChI=1S/C7H6N4O2S/c8-1-2-13-11-5(3-12)6-4-14-7(9)10-6/h3-4H,2H2,(H2,9,10)/b11-5-. The number of nitrogen functional groups attached to an aromatic ring is 1. The maximum Gasteiger partial charge on any atom is 0.202 e. The highest BCUT2D eigenvalue weighted by atomic mass is 32.1. The van der Waals surface area contributed by atoms with Crippen molar-refractivity contribution < 1.29 is 9.63 Å². The quantitative estimate of drug-likeness (QED) is 0.330. The number of hydrogen-bond donors (Lipinski definition) is 1. The van der Waals surface area contributed by atoms with Gasteiger partial charge in [0, 0.05) is 5.38 Å². The Labute approximate surface area is 83.6 Å². The van der Waals surface area contributed by atoms with E-state index in [9.17, 15) is 4.79 Å². The monoisotopic (exact) mass is 210 g/mol. The zero-order chi connectivity index (χ0) is 10.4. The number of nitrogens with two attached hydrogens (primary N) is 1. The van der Waals surface area contributed by atoms with Crippen molar-refractivity contribution in [3.05, 3.63) is 11.1 Å². The topological polar surface area (TPSA) is 101 Å². The van der Waals surface area contributed by atoms with E-state index in [1.165, 1.54) is 11.3 Å². The lowest BCUT2D eigenvalue weighted by atomic mass is 10.3. The molecule has 1 aromatic heterocycles. The van der Waals surface area contributed by atoms with Gasteiger partial charge in [-0.1, -0.05) is 5.16 Å². The summed E-state index contributed by atoms with van der Waals surface area (Å²) in [5.41, 5.74) is 5.74. The van der Waals surface area contributed by atoms with Gasteiger partial charge in [0.2, 0.25) is 6.61 Å². The summed E-state index contributed by atoms with van der Waals surface area (Å²) in [4.78, 5) is 18.9. The van der Waals surface area contributed by atoms with Crippen molar-refractivity contribution >= 4 is 28.5 Å². The van der Waals surface area contributed by atoms with Crippen LogP contribution in [0.15, 0.2) is 10.5 Å². The molecule has 0 bridgehead atoms. The number of carbonyl (C=O) groups is 1. The van der Waals surface area contributed by atoms with Crippen LogP contribution in [0.4, 0.5) is 5.13 Å². The predicted molar refractivity (Wildman–Crippen MR) is 50.7 cm³/mol. The predicted octanol–water partition coefficient (Wildman–Crippen LogP) is 0.168. The van der Waals surface area contributed by atoms with Crippen molar-refractivity contribution in [2.24, 2.45) is 5.16 Å². The summed E-state index contributed by atoms with van der Waals surface area (Å²) >= 11 is 1.19. The Morgan fingerprint density at radius 1 is 1.93 bits per heavy atom. The van der Waals surface area contributed by atoms with Gasteiger partial charge in [-0.25, -0.2) is 4.98 Å². The molecule has 72 valence electrons. The lowest BCUT2D eigenvalue weighted by molar-refractivity contribution is -0.102. The van der Waals surface area contributed by atoms with E-state index in [0.29, 0.717) is 17.1 Å². The summed E-state index contributed by atoms with van der Waals surface area (Å²) in [5, 5.41) is 13.5. The molecule has 0 aliphatic rings. The van der Waals surface area contributed by atoms with Crippen LogP contribution in [0.3, 0.4) is 0 Å². The van der Waals surface area contributed by atoms with Crippen molar-refractivity contribution in [3.63, 3.8) is 0 Å². The third-order valence-electron chi connectivity index (χ3n) is 1.19. The summed E-state index contributed by atoms with van der Waals surface area (Å²) < 4.78 is 0. The smallest absolute Gasteiger partial charge is 0.202 e. The number of nitrogens with zero attached hydrogens (tertiary/aromatic N) is 3. The van der Waals surface area contributed by atoms with E-state index in [-0.39, 0.29) is 12.3 Å². The molecule has 0 atom stereocenters. The molecule has 1 rings (SSSR count). The van der Waals surface area contributed by atoms with Crippen LogP contribution >= 0.6 is 11.3 Å². The number of oxime groups is 1. The number of thiazole rings is 1. The second-order valence-electron chi connectivity index (χ2n) is 2.10. The van der Waals surface area contributed by atoms with Crippen LogP contribution in [-0.4, -0.2) is 23.6 Å². The summed E-state index contributed by atoms with van der Waals surface area (Å²) in [7, 11) is 0. The van der Waals surface area contributed by atoms with E-state index in [1.807, 2.05) is 0 Å². The SMILES string of the molecule is N#CCO/N=C(/C=O)c1csc(N)n1. The molecule has 0 radical (unpaired) electrons. The number of aldehydes is 1. The fraction of sp³-hybridized carbons (Fsp3) is 0.143. The van der Waals surface area contributed by atoms with Gasteiger partial charge in [-0.2, -0.15) is 5.26 Å². The molecule has 0 spiro atoms. The van der Waals surface area contributed by atoms with Crippen LogP contribution in [-0.2, 0) is 9.63 Å². The van der Waals surface area contributed by atoms with Crippen LogP contribution < -0.4 is 5.73 Å². The van der Waals surface area contributed by atoms with Crippen LogP contribution in [0.1, 0.15) is 5.69 Å². The van der Waals surface area contributed by atoms with E-state index in [2.05, 4.69) is 15.0 Å². The van der Waals surface area contributed by atoms with E-state index in [1.54, 1.807) is 11.4 Å². The second kappa shape index (κ2) is 4.94. The van der Waals surface area contributed by atoms with Crippen molar-refractivity contribution in [1.82, 2.24) is 4.98 Å². The van der Waals surface area contributed by atoms with Gasteiger partial charge < -0.3 is 10.6 Å². The first kappa shape index (κ1) is 10.1. The molecular weight excluding hydrogens is 204 g/mol. The largest absolute Gasteiger partial charge is 0.380 e. The highest BCUT2D eigenvalue weighted by molar-refractivity contribution is 7.13. The molecule has 7 heteroatoms. The lowest BCUT2D eigenvalue weighted by Gasteiger charge is -1.92. The fourth-order valence-electron chi connectivity index (χ4n) is 0.665. The van der Waals surface area contributed by atoms with Crippen molar-refractivity contribution in [2.75, 3.05) is 12.3 Å². The molecule has 0 amide bonds. The molecular formula is C7H6N4O2S. The minimum atomic E-state index is -0.211. The second-order valence-corrected chi connectivity index (χ2v) is 2.99. The van der Waals surface area contributed by atoms with Crippen LogP contribution in [0.25, 0.3) is 0 Å². The summed E-state index contributed by atoms with van der Waals surface area (Å²) in [6.45, 7) is -0.211. The third kappa shape index (κ3) is 2.53. The Kier molecular flexibility index (Phi) is 3.58. The lowest BCUT2D eigenvalue weighted by Crippen LogP contribution is -2.04. The Balaban J connectivity index is 2.77. The van der Waals surface area contributed by atoms with Crippen LogP contribution in [0.2, 0.25) is 0 Å². The number of rotatable bonds is 4. The van der Waals surface area contributed by atoms with Crippen molar-refractivity contribution in [1.29, 1.82) is 5.26 Å². The molecule has 14 heavy (non-hydrogen) atoms. The zero-order valence-electron chi connectivity index (χ0n) is 7.01. The molecule has 1 heterocycles. The van der Waals surface area contributed by atoms with E-state index in [0.717, 1.165) is 0 Å². The molecule has 0 aromatic carbocycles. The van der Waals surface area contributed by atoms with Crippen molar-refractivity contribution in [2.45, 2.75) is 0 Å². The first-order chi connectivity index (χ1) is 6.77. The molecule has 2 N–H and O–H groups in total. The number of nitriles is 1. The van der Waals surface area contributed by atoms with Gasteiger partial charge in [0.1, 0.15) is 11.8 Å². The highest BCUT2D eigenvalue weighted by Gasteiger charge is 2.06. The first-order valence-electron chi connectivity index (χ1n) is 3.51. The Morgan fingerprint density at radius 3 is 3.21 bits per heavy atom. The van der Waals surface area contributed by atoms with Gasteiger partial charge in [0.15, 0.2) is 17.1 Å². The molecule has 0 aliphatic carbocycles. The summed E-state index contributed by atoms with van der Waals surface area (Å²) in [5.74, 6) is 0. The van der Waals surface area contributed by atoms with E-state index in [4.69, 9.17) is 11.0 Å². The van der Waals surface area contributed by atoms with E-state index < -0.39 is 0 Å². The number of hydrogen-bond acceptors (Lipinski definition) is 7. The molecule has 0 saturated heterocycles. The van der Waals surface area contributed by atoms with Crippen LogP contribution in [0, 0.1) is 11.3 Å². The summed E-state index contributed by atoms with van der Waals surface area (Å²) in [6.07, 6.45) is 0.492. The third-order valence-corrected chi connectivity index (χ3v) is 1.86. The molecule has 0 aliphatic heterocycles. The van der Waals surface area contributed by atoms with Gasteiger partial charge >= 0.3 is 0 Å². The van der Waals surface area contributed by atoms with Gasteiger partial charge in [0.25, 0.3) is 0 Å². The fourth-order valence-corrected chi connectivity index (χ4v) is 1.22. The Bertz CT molecular complexity index is 393.